The summed E-state index contributed by atoms with van der Waals surface area (Å²) in [6, 6.07) is 17.3. The Morgan fingerprint density at radius 3 is 2.46 bits per heavy atom. The smallest absolute Gasteiger partial charge is 0.455 e. The zero-order valence-electron chi connectivity index (χ0n) is 23.0. The first kappa shape index (κ1) is 27.4. The minimum atomic E-state index is -0.972. The highest BCUT2D eigenvalue weighted by Crippen LogP contribution is 2.52. The van der Waals surface area contributed by atoms with Crippen LogP contribution in [-0.2, 0) is 14.2 Å². The van der Waals surface area contributed by atoms with Gasteiger partial charge in [0.2, 0.25) is 11.8 Å². The van der Waals surface area contributed by atoms with Crippen molar-refractivity contribution in [3.8, 4) is 5.75 Å². The second-order valence-electron chi connectivity index (χ2n) is 11.4. The third-order valence-electron chi connectivity index (χ3n) is 8.53. The molecule has 5 rings (SSSR count). The van der Waals surface area contributed by atoms with Crippen LogP contribution in [0.2, 0.25) is 6.32 Å². The molecule has 1 aliphatic carbocycles. The molecule has 4 atom stereocenters. The number of aromatic hydroxyl groups is 1. The van der Waals surface area contributed by atoms with E-state index in [1.807, 2.05) is 37.3 Å². The first-order valence-corrected chi connectivity index (χ1v) is 14.2. The van der Waals surface area contributed by atoms with Crippen molar-refractivity contribution in [3.63, 3.8) is 0 Å². The summed E-state index contributed by atoms with van der Waals surface area (Å²) in [6.45, 7) is 6.73. The van der Waals surface area contributed by atoms with E-state index in [4.69, 9.17) is 4.65 Å². The van der Waals surface area contributed by atoms with Gasteiger partial charge < -0.3 is 14.8 Å². The fourth-order valence-corrected chi connectivity index (χ4v) is 6.77. The molecule has 7 heteroatoms. The number of likely N-dealkylation sites (tertiary alicyclic amines) is 1. The number of benzene rings is 2. The standard InChI is InChI=1S/C32H38BNO5/c1-4-16-34-31(36)26-18-25(20(2)3)29-27(30(26)32(34)37)19-33(38)39-28(29)15-12-23(22-8-6-5-7-9-22)17-21-10-13-24(35)14-11-21/h5-11,13-14,17,20,26-28,30,35,38H,4,12,15-16,18-19H2,1-3H3/b23-17-/t26-,27+,28-,30-/m1/s1. The third-order valence-corrected chi connectivity index (χ3v) is 8.53. The quantitative estimate of drug-likeness (QED) is 0.203. The Hall–Kier alpha value is -3.16. The summed E-state index contributed by atoms with van der Waals surface area (Å²) >= 11 is 0. The molecule has 0 aromatic heterocycles. The maximum atomic E-state index is 13.5. The van der Waals surface area contributed by atoms with Crippen molar-refractivity contribution >= 4 is 30.6 Å². The normalized spacial score (nSPS) is 25.4. The van der Waals surface area contributed by atoms with Gasteiger partial charge in [0.05, 0.1) is 17.9 Å². The Balaban J connectivity index is 1.47. The summed E-state index contributed by atoms with van der Waals surface area (Å²) in [5.41, 5.74) is 5.56. The van der Waals surface area contributed by atoms with E-state index in [1.165, 1.54) is 10.5 Å². The maximum absolute atomic E-state index is 13.5. The average molecular weight is 527 g/mol. The second-order valence-corrected chi connectivity index (χ2v) is 11.4. The number of phenols is 1. The largest absolute Gasteiger partial charge is 0.508 e. The molecule has 2 aromatic rings. The Morgan fingerprint density at radius 1 is 1.08 bits per heavy atom. The molecule has 0 bridgehead atoms. The van der Waals surface area contributed by atoms with Crippen LogP contribution in [0.25, 0.3) is 11.6 Å². The Labute approximate surface area is 231 Å². The number of carbonyl (C=O) groups is 2. The first-order chi connectivity index (χ1) is 18.8. The van der Waals surface area contributed by atoms with E-state index in [0.29, 0.717) is 32.1 Å². The van der Waals surface area contributed by atoms with Crippen LogP contribution in [-0.4, -0.2) is 46.6 Å². The SMILES string of the molecule is CCCN1C(=O)[C@@H]2[C@@H](CC(C(C)C)=C3[C@@H](CC/C(=C/c4ccc(O)cc4)c4ccccc4)OB(O)C[C@@H]32)C1=O. The molecule has 3 aliphatic rings. The maximum Gasteiger partial charge on any atom is 0.455 e. The van der Waals surface area contributed by atoms with Crippen LogP contribution < -0.4 is 0 Å². The Bertz CT molecular complexity index is 1270. The lowest BCUT2D eigenvalue weighted by atomic mass is 9.57. The lowest BCUT2D eigenvalue weighted by molar-refractivity contribution is -0.140. The van der Waals surface area contributed by atoms with E-state index < -0.39 is 13.0 Å². The molecular formula is C32H38BNO5. The van der Waals surface area contributed by atoms with Gasteiger partial charge in [-0.25, -0.2) is 0 Å². The van der Waals surface area contributed by atoms with Crippen molar-refractivity contribution in [2.45, 2.75) is 58.9 Å². The van der Waals surface area contributed by atoms with E-state index in [1.54, 1.807) is 12.1 Å². The predicted octanol–water partition coefficient (Wildman–Crippen LogP) is 5.58. The number of hydrogen-bond acceptors (Lipinski definition) is 5. The molecule has 2 N–H and O–H groups in total. The number of rotatable bonds is 8. The molecule has 2 fully saturated rings. The molecule has 2 heterocycles. The number of fused-ring (bicyclic) bond motifs is 3. The van der Waals surface area contributed by atoms with Gasteiger partial charge in [-0.15, -0.1) is 0 Å². The number of amides is 2. The first-order valence-electron chi connectivity index (χ1n) is 14.2. The fraction of sp³-hybridized carbons (Fsp3) is 0.438. The van der Waals surface area contributed by atoms with Crippen LogP contribution in [0.5, 0.6) is 5.75 Å². The number of hydrogen-bond donors (Lipinski definition) is 2. The zero-order chi connectivity index (χ0) is 27.7. The molecule has 0 spiro atoms. The summed E-state index contributed by atoms with van der Waals surface area (Å²) in [5.74, 6) is -0.625. The van der Waals surface area contributed by atoms with E-state index in [9.17, 15) is 19.7 Å². The van der Waals surface area contributed by atoms with Crippen molar-refractivity contribution in [2.24, 2.45) is 23.7 Å². The predicted molar refractivity (Wildman–Crippen MR) is 153 cm³/mol. The van der Waals surface area contributed by atoms with E-state index in [0.717, 1.165) is 28.7 Å². The minimum Gasteiger partial charge on any atom is -0.508 e. The van der Waals surface area contributed by atoms with Gasteiger partial charge in [-0.1, -0.05) is 74.9 Å². The molecule has 2 aromatic carbocycles. The van der Waals surface area contributed by atoms with Gasteiger partial charge in [0.25, 0.3) is 0 Å². The van der Waals surface area contributed by atoms with Crippen molar-refractivity contribution < 1.29 is 24.4 Å². The molecule has 2 amide bonds. The van der Waals surface area contributed by atoms with Gasteiger partial charge in [0, 0.05) is 6.54 Å². The highest BCUT2D eigenvalue weighted by Gasteiger charge is 2.57. The molecule has 2 aliphatic heterocycles. The van der Waals surface area contributed by atoms with E-state index in [2.05, 4.69) is 32.1 Å². The lowest BCUT2D eigenvalue weighted by Gasteiger charge is -2.44. The molecule has 2 saturated heterocycles. The van der Waals surface area contributed by atoms with Crippen LogP contribution in [0.15, 0.2) is 65.7 Å². The van der Waals surface area contributed by atoms with Crippen molar-refractivity contribution in [3.05, 3.63) is 76.9 Å². The highest BCUT2D eigenvalue weighted by molar-refractivity contribution is 6.43. The third kappa shape index (κ3) is 5.48. The monoisotopic (exact) mass is 527 g/mol. The van der Waals surface area contributed by atoms with Crippen molar-refractivity contribution in [1.29, 1.82) is 0 Å². The summed E-state index contributed by atoms with van der Waals surface area (Å²) in [6.07, 6.45) is 4.82. The molecule has 204 valence electrons. The topological polar surface area (TPSA) is 87.1 Å². The zero-order valence-corrected chi connectivity index (χ0v) is 23.0. The fourth-order valence-electron chi connectivity index (χ4n) is 6.77. The minimum absolute atomic E-state index is 0.0511. The van der Waals surface area contributed by atoms with E-state index in [-0.39, 0.29) is 41.4 Å². The molecule has 39 heavy (non-hydrogen) atoms. The number of nitrogens with zero attached hydrogens (tertiary/aromatic N) is 1. The van der Waals surface area contributed by atoms with Crippen LogP contribution >= 0.6 is 0 Å². The van der Waals surface area contributed by atoms with Gasteiger partial charge in [0.1, 0.15) is 5.75 Å². The lowest BCUT2D eigenvalue weighted by Crippen LogP contribution is -2.46. The van der Waals surface area contributed by atoms with Gasteiger partial charge in [-0.2, -0.15) is 0 Å². The molecule has 0 unspecified atom stereocenters. The van der Waals surface area contributed by atoms with Gasteiger partial charge in [0.15, 0.2) is 0 Å². The molecule has 0 radical (unpaired) electrons. The van der Waals surface area contributed by atoms with Crippen LogP contribution in [0.1, 0.15) is 57.6 Å². The van der Waals surface area contributed by atoms with Gasteiger partial charge in [-0.05, 0) is 78.2 Å². The summed E-state index contributed by atoms with van der Waals surface area (Å²) in [7, 11) is -0.972. The number of carbonyl (C=O) groups excluding carboxylic acids is 2. The summed E-state index contributed by atoms with van der Waals surface area (Å²) in [4.78, 5) is 28.2. The van der Waals surface area contributed by atoms with Gasteiger partial charge in [-0.3, -0.25) is 14.5 Å². The van der Waals surface area contributed by atoms with Crippen LogP contribution in [0, 0.1) is 23.7 Å². The van der Waals surface area contributed by atoms with Crippen molar-refractivity contribution in [1.82, 2.24) is 4.90 Å². The molecule has 0 saturated carbocycles. The Morgan fingerprint density at radius 2 is 1.79 bits per heavy atom. The Kier molecular flexibility index (Phi) is 8.10. The highest BCUT2D eigenvalue weighted by atomic mass is 16.5. The van der Waals surface area contributed by atoms with E-state index >= 15 is 0 Å². The molecular weight excluding hydrogens is 489 g/mol. The van der Waals surface area contributed by atoms with Crippen LogP contribution in [0.4, 0.5) is 0 Å². The number of allylic oxidation sites excluding steroid dienone is 2. The van der Waals surface area contributed by atoms with Crippen LogP contribution in [0.3, 0.4) is 0 Å². The molecule has 6 nitrogen and oxygen atoms in total. The average Bonchev–Trinajstić information content (AvgIpc) is 3.16. The summed E-state index contributed by atoms with van der Waals surface area (Å²) < 4.78 is 6.20. The van der Waals surface area contributed by atoms with Gasteiger partial charge >= 0.3 is 7.12 Å². The second kappa shape index (κ2) is 11.5. The van der Waals surface area contributed by atoms with Crippen molar-refractivity contribution in [2.75, 3.05) is 6.54 Å². The summed E-state index contributed by atoms with van der Waals surface area (Å²) in [5, 5.41) is 20.6. The number of imide groups is 1. The number of phenolic OH excluding ortho intramolecular Hbond substituents is 1.